The molecule has 6 heteroatoms. The first-order valence-corrected chi connectivity index (χ1v) is 8.86. The summed E-state index contributed by atoms with van der Waals surface area (Å²) in [7, 11) is 3.33. The van der Waals surface area contributed by atoms with Crippen LogP contribution in [0.25, 0.3) is 11.1 Å². The molecule has 136 valence electrons. The van der Waals surface area contributed by atoms with Crippen LogP contribution in [-0.2, 0) is 6.67 Å². The quantitative estimate of drug-likeness (QED) is 0.760. The van der Waals surface area contributed by atoms with Crippen LogP contribution in [0.1, 0.15) is 24.4 Å². The number of rotatable bonds is 5. The van der Waals surface area contributed by atoms with E-state index in [4.69, 9.17) is 13.9 Å². The van der Waals surface area contributed by atoms with E-state index < -0.39 is 0 Å². The smallest absolute Gasteiger partial charge is 0.424 e. The third-order valence-corrected chi connectivity index (χ3v) is 5.23. The van der Waals surface area contributed by atoms with Gasteiger partial charge in [0.1, 0.15) is 17.5 Å². The molecule has 26 heavy (non-hydrogen) atoms. The Morgan fingerprint density at radius 3 is 2.85 bits per heavy atom. The van der Waals surface area contributed by atoms with E-state index in [1.807, 2.05) is 36.4 Å². The fraction of sp³-hybridized carbons (Fsp3) is 0.350. The molecular formula is C20H23N2O4+. The second-order valence-corrected chi connectivity index (χ2v) is 6.63. The molecule has 0 saturated carbocycles. The zero-order valence-electron chi connectivity index (χ0n) is 15.0. The van der Waals surface area contributed by atoms with Crippen LogP contribution in [0.15, 0.2) is 51.7 Å². The van der Waals surface area contributed by atoms with Crippen molar-refractivity contribution in [3.05, 3.63) is 58.6 Å². The first kappa shape index (κ1) is 16.7. The number of hydrogen-bond acceptors (Lipinski definition) is 4. The third-order valence-electron chi connectivity index (χ3n) is 5.23. The highest BCUT2D eigenvalue weighted by Crippen LogP contribution is 2.31. The molecule has 1 unspecified atom stereocenters. The fourth-order valence-corrected chi connectivity index (χ4v) is 3.95. The fourth-order valence-electron chi connectivity index (χ4n) is 3.95. The van der Waals surface area contributed by atoms with Gasteiger partial charge in [0.05, 0.1) is 31.8 Å². The summed E-state index contributed by atoms with van der Waals surface area (Å²) in [4.78, 5) is 13.7. The van der Waals surface area contributed by atoms with Gasteiger partial charge >= 0.3 is 5.76 Å². The molecule has 0 bridgehead atoms. The molecular weight excluding hydrogens is 332 g/mol. The molecule has 1 N–H and O–H groups in total. The summed E-state index contributed by atoms with van der Waals surface area (Å²) < 4.78 is 18.0. The number of para-hydroxylation sites is 2. The standard InChI is InChI=1S/C20H22N2O4/c1-24-14-9-10-15(19(12-14)25-2)16-7-5-11-21(16)13-22-17-6-3-4-8-18(17)26-20(22)23/h3-4,6,8-10,12,16H,5,7,11,13H2,1-2H3/p+1/t16-/m0/s1. The molecule has 4 rings (SSSR count). The van der Waals surface area contributed by atoms with Crippen LogP contribution >= 0.6 is 0 Å². The van der Waals surface area contributed by atoms with E-state index in [0.717, 1.165) is 42.0 Å². The molecule has 0 amide bonds. The topological polar surface area (TPSA) is 58.0 Å². The summed E-state index contributed by atoms with van der Waals surface area (Å²) in [6.45, 7) is 1.58. The van der Waals surface area contributed by atoms with Crippen molar-refractivity contribution in [3.63, 3.8) is 0 Å². The van der Waals surface area contributed by atoms with E-state index in [9.17, 15) is 4.79 Å². The van der Waals surface area contributed by atoms with Gasteiger partial charge in [-0.1, -0.05) is 12.1 Å². The van der Waals surface area contributed by atoms with Crippen LogP contribution < -0.4 is 20.1 Å². The molecule has 1 aliphatic rings. The molecule has 1 aliphatic heterocycles. The Kier molecular flexibility index (Phi) is 4.42. The van der Waals surface area contributed by atoms with Crippen molar-refractivity contribution in [2.24, 2.45) is 0 Å². The van der Waals surface area contributed by atoms with Crippen LogP contribution in [0.2, 0.25) is 0 Å². The van der Waals surface area contributed by atoms with E-state index in [0.29, 0.717) is 12.3 Å². The zero-order chi connectivity index (χ0) is 18.1. The van der Waals surface area contributed by atoms with Crippen LogP contribution in [-0.4, -0.2) is 25.3 Å². The van der Waals surface area contributed by atoms with Gasteiger partial charge in [0.15, 0.2) is 12.3 Å². The number of nitrogens with zero attached hydrogens (tertiary/aromatic N) is 1. The molecule has 6 nitrogen and oxygen atoms in total. The number of likely N-dealkylation sites (tertiary alicyclic amines) is 1. The number of nitrogens with one attached hydrogen (secondary N) is 1. The van der Waals surface area contributed by atoms with E-state index in [-0.39, 0.29) is 11.8 Å². The van der Waals surface area contributed by atoms with Crippen molar-refractivity contribution < 1.29 is 18.8 Å². The largest absolute Gasteiger partial charge is 0.497 e. The molecule has 0 spiro atoms. The van der Waals surface area contributed by atoms with Gasteiger partial charge < -0.3 is 18.8 Å². The van der Waals surface area contributed by atoms with Crippen LogP contribution in [0, 0.1) is 0 Å². The summed E-state index contributed by atoms with van der Waals surface area (Å²) in [6, 6.07) is 13.8. The minimum absolute atomic E-state index is 0.274. The Morgan fingerprint density at radius 1 is 1.19 bits per heavy atom. The summed E-state index contributed by atoms with van der Waals surface area (Å²) in [5, 5.41) is 0. The predicted octanol–water partition coefficient (Wildman–Crippen LogP) is 1.99. The normalized spacial score (nSPS) is 19.8. The Bertz CT molecular complexity index is 975. The summed E-state index contributed by atoms with van der Waals surface area (Å²) in [5.74, 6) is 1.31. The van der Waals surface area contributed by atoms with Gasteiger partial charge in [-0.3, -0.25) is 0 Å². The number of oxazole rings is 1. The van der Waals surface area contributed by atoms with Gasteiger partial charge in [0, 0.05) is 18.9 Å². The van der Waals surface area contributed by atoms with Crippen molar-refractivity contribution >= 4 is 11.1 Å². The van der Waals surface area contributed by atoms with Crippen molar-refractivity contribution in [3.8, 4) is 11.5 Å². The van der Waals surface area contributed by atoms with Gasteiger partial charge in [0.2, 0.25) is 0 Å². The average Bonchev–Trinajstić information content (AvgIpc) is 3.26. The predicted molar refractivity (Wildman–Crippen MR) is 97.8 cm³/mol. The Balaban J connectivity index is 1.67. The Morgan fingerprint density at radius 2 is 2.04 bits per heavy atom. The monoisotopic (exact) mass is 355 g/mol. The van der Waals surface area contributed by atoms with Crippen molar-refractivity contribution in [2.45, 2.75) is 25.6 Å². The van der Waals surface area contributed by atoms with Crippen LogP contribution in [0.5, 0.6) is 11.5 Å². The van der Waals surface area contributed by atoms with E-state index in [2.05, 4.69) is 6.07 Å². The first-order chi connectivity index (χ1) is 12.7. The minimum Gasteiger partial charge on any atom is -0.497 e. The Hall–Kier alpha value is -2.73. The lowest BCUT2D eigenvalue weighted by Crippen LogP contribution is -3.09. The number of fused-ring (bicyclic) bond motifs is 1. The summed E-state index contributed by atoms with van der Waals surface area (Å²) in [6.07, 6.45) is 2.17. The van der Waals surface area contributed by atoms with E-state index in [1.165, 1.54) is 4.90 Å². The van der Waals surface area contributed by atoms with Gasteiger partial charge in [-0.2, -0.15) is 0 Å². The van der Waals surface area contributed by atoms with Gasteiger partial charge in [0.25, 0.3) is 0 Å². The number of ether oxygens (including phenoxy) is 2. The molecule has 0 aliphatic carbocycles. The average molecular weight is 355 g/mol. The molecule has 1 aromatic heterocycles. The highest BCUT2D eigenvalue weighted by atomic mass is 16.5. The molecule has 2 atom stereocenters. The number of quaternary nitrogens is 1. The van der Waals surface area contributed by atoms with Crippen molar-refractivity contribution in [1.29, 1.82) is 0 Å². The second-order valence-electron chi connectivity index (χ2n) is 6.63. The molecule has 2 aromatic carbocycles. The lowest BCUT2D eigenvalue weighted by Gasteiger charge is -2.23. The second kappa shape index (κ2) is 6.88. The molecule has 1 fully saturated rings. The third kappa shape index (κ3) is 2.86. The SMILES string of the molecule is COc1ccc([C@@H]2CCC[NH+]2Cn2c(=O)oc3ccccc32)c(OC)c1. The van der Waals surface area contributed by atoms with Gasteiger partial charge in [-0.15, -0.1) is 0 Å². The maximum atomic E-state index is 12.3. The lowest BCUT2D eigenvalue weighted by molar-refractivity contribution is -0.940. The van der Waals surface area contributed by atoms with Crippen molar-refractivity contribution in [1.82, 2.24) is 4.57 Å². The minimum atomic E-state index is -0.300. The van der Waals surface area contributed by atoms with Crippen LogP contribution in [0.3, 0.4) is 0 Å². The number of benzene rings is 2. The lowest BCUT2D eigenvalue weighted by atomic mass is 10.0. The highest BCUT2D eigenvalue weighted by molar-refractivity contribution is 5.72. The summed E-state index contributed by atoms with van der Waals surface area (Å²) >= 11 is 0. The van der Waals surface area contributed by atoms with E-state index in [1.54, 1.807) is 18.8 Å². The number of hydrogen-bond donors (Lipinski definition) is 1. The number of methoxy groups -OCH3 is 2. The number of aromatic nitrogens is 1. The first-order valence-electron chi connectivity index (χ1n) is 8.86. The Labute approximate surface area is 151 Å². The summed E-state index contributed by atoms with van der Waals surface area (Å²) in [5.41, 5.74) is 2.63. The molecule has 3 aromatic rings. The van der Waals surface area contributed by atoms with Gasteiger partial charge in [-0.05, 0) is 24.3 Å². The maximum Gasteiger partial charge on any atom is 0.424 e. The van der Waals surface area contributed by atoms with Gasteiger partial charge in [-0.25, -0.2) is 9.36 Å². The molecule has 0 radical (unpaired) electrons. The maximum absolute atomic E-state index is 12.3. The van der Waals surface area contributed by atoms with Crippen molar-refractivity contribution in [2.75, 3.05) is 20.8 Å². The molecule has 2 heterocycles. The highest BCUT2D eigenvalue weighted by Gasteiger charge is 2.33. The van der Waals surface area contributed by atoms with Crippen LogP contribution in [0.4, 0.5) is 0 Å². The van der Waals surface area contributed by atoms with E-state index >= 15 is 0 Å². The molecule has 1 saturated heterocycles. The zero-order valence-corrected chi connectivity index (χ0v) is 15.0.